The molecule has 0 saturated carbocycles. The lowest BCUT2D eigenvalue weighted by Crippen LogP contribution is -2.36. The summed E-state index contributed by atoms with van der Waals surface area (Å²) >= 11 is 5.88. The minimum atomic E-state index is -0.700. The van der Waals surface area contributed by atoms with Crippen molar-refractivity contribution in [2.75, 3.05) is 0 Å². The predicted molar refractivity (Wildman–Crippen MR) is 119 cm³/mol. The van der Waals surface area contributed by atoms with Crippen molar-refractivity contribution in [2.45, 2.75) is 46.4 Å². The molecule has 1 N–H and O–H groups in total. The molecule has 8 heteroatoms. The van der Waals surface area contributed by atoms with Gasteiger partial charge in [-0.1, -0.05) is 23.7 Å². The maximum absolute atomic E-state index is 13.1. The first-order valence-corrected chi connectivity index (χ1v) is 10.2. The second-order valence-electron chi connectivity index (χ2n) is 8.27. The quantitative estimate of drug-likeness (QED) is 0.610. The van der Waals surface area contributed by atoms with E-state index < -0.39 is 23.0 Å². The summed E-state index contributed by atoms with van der Waals surface area (Å²) in [6.45, 7) is 6.97. The van der Waals surface area contributed by atoms with Crippen molar-refractivity contribution in [3.8, 4) is 0 Å². The average Bonchev–Trinajstić information content (AvgIpc) is 2.67. The van der Waals surface area contributed by atoms with Crippen molar-refractivity contribution in [2.24, 2.45) is 0 Å². The highest BCUT2D eigenvalue weighted by atomic mass is 35.5. The van der Waals surface area contributed by atoms with Crippen LogP contribution in [-0.4, -0.2) is 27.0 Å². The third kappa shape index (κ3) is 5.70. The van der Waals surface area contributed by atoms with Crippen LogP contribution in [0.1, 0.15) is 42.3 Å². The number of nitrogens with one attached hydrogen (secondary N) is 1. The largest absolute Gasteiger partial charge is 0.459 e. The van der Waals surface area contributed by atoms with E-state index in [1.54, 1.807) is 51.2 Å². The van der Waals surface area contributed by atoms with Gasteiger partial charge in [0, 0.05) is 23.2 Å². The standard InChI is InChI=1S/C23H24ClN3O4/c1-14-9-16-10-18(21(29)26-12-15-5-7-17(24)8-6-15)22(30)27(20(16)25-11-14)13-19(28)31-23(2,3)4/h5-11H,12-13H2,1-4H3,(H,26,29). The molecule has 2 heterocycles. The number of fused-ring (bicyclic) bond motifs is 1. The fourth-order valence-corrected chi connectivity index (χ4v) is 3.19. The Morgan fingerprint density at radius 2 is 1.84 bits per heavy atom. The molecular formula is C23H24ClN3O4. The van der Waals surface area contributed by atoms with Gasteiger partial charge in [0.05, 0.1) is 0 Å². The van der Waals surface area contributed by atoms with E-state index in [4.69, 9.17) is 16.3 Å². The monoisotopic (exact) mass is 441 g/mol. The van der Waals surface area contributed by atoms with Gasteiger partial charge in [0.25, 0.3) is 11.5 Å². The summed E-state index contributed by atoms with van der Waals surface area (Å²) in [6.07, 6.45) is 1.60. The van der Waals surface area contributed by atoms with Crippen molar-refractivity contribution in [3.63, 3.8) is 0 Å². The molecule has 3 rings (SSSR count). The Morgan fingerprint density at radius 1 is 1.16 bits per heavy atom. The minimum absolute atomic E-state index is 0.0718. The van der Waals surface area contributed by atoms with Gasteiger partial charge >= 0.3 is 5.97 Å². The van der Waals surface area contributed by atoms with Gasteiger partial charge in [0.15, 0.2) is 0 Å². The zero-order valence-corrected chi connectivity index (χ0v) is 18.6. The molecule has 0 aliphatic heterocycles. The number of carbonyl (C=O) groups excluding carboxylic acids is 2. The lowest BCUT2D eigenvalue weighted by molar-refractivity contribution is -0.155. The van der Waals surface area contributed by atoms with Crippen LogP contribution in [0.4, 0.5) is 0 Å². The Morgan fingerprint density at radius 3 is 2.48 bits per heavy atom. The van der Waals surface area contributed by atoms with Gasteiger partial charge in [0.2, 0.25) is 0 Å². The topological polar surface area (TPSA) is 90.3 Å². The number of nitrogens with zero attached hydrogens (tertiary/aromatic N) is 2. The van der Waals surface area contributed by atoms with Crippen LogP contribution in [0.25, 0.3) is 11.0 Å². The number of hydrogen-bond donors (Lipinski definition) is 1. The molecule has 0 fully saturated rings. The molecule has 0 saturated heterocycles. The van der Waals surface area contributed by atoms with E-state index >= 15 is 0 Å². The molecule has 7 nitrogen and oxygen atoms in total. The minimum Gasteiger partial charge on any atom is -0.459 e. The SMILES string of the molecule is Cc1cnc2c(c1)cc(C(=O)NCc1ccc(Cl)cc1)c(=O)n2CC(=O)OC(C)(C)C. The van der Waals surface area contributed by atoms with E-state index in [0.29, 0.717) is 16.1 Å². The summed E-state index contributed by atoms with van der Waals surface area (Å²) in [5.41, 5.74) is 0.637. The average molecular weight is 442 g/mol. The first-order chi connectivity index (χ1) is 14.5. The fraction of sp³-hybridized carbons (Fsp3) is 0.304. The third-order valence-electron chi connectivity index (χ3n) is 4.38. The molecular weight excluding hydrogens is 418 g/mol. The van der Waals surface area contributed by atoms with E-state index in [-0.39, 0.29) is 18.7 Å². The molecule has 1 aromatic carbocycles. The first-order valence-electron chi connectivity index (χ1n) is 9.78. The highest BCUT2D eigenvalue weighted by molar-refractivity contribution is 6.30. The van der Waals surface area contributed by atoms with Crippen LogP contribution in [0, 0.1) is 6.92 Å². The molecule has 3 aromatic rings. The van der Waals surface area contributed by atoms with Gasteiger partial charge in [-0.3, -0.25) is 19.0 Å². The molecule has 0 unspecified atom stereocenters. The van der Waals surface area contributed by atoms with Gasteiger partial charge < -0.3 is 10.1 Å². The molecule has 0 atom stereocenters. The van der Waals surface area contributed by atoms with Crippen molar-refractivity contribution < 1.29 is 14.3 Å². The maximum atomic E-state index is 13.1. The van der Waals surface area contributed by atoms with Crippen molar-refractivity contribution in [1.82, 2.24) is 14.9 Å². The number of ether oxygens (including phenoxy) is 1. The van der Waals surface area contributed by atoms with Crippen LogP contribution in [0.2, 0.25) is 5.02 Å². The van der Waals surface area contributed by atoms with E-state index in [1.807, 2.05) is 13.0 Å². The fourth-order valence-electron chi connectivity index (χ4n) is 3.07. The third-order valence-corrected chi connectivity index (χ3v) is 4.63. The van der Waals surface area contributed by atoms with Crippen LogP contribution in [0.3, 0.4) is 0 Å². The maximum Gasteiger partial charge on any atom is 0.326 e. The van der Waals surface area contributed by atoms with Crippen molar-refractivity contribution >= 4 is 34.5 Å². The zero-order chi connectivity index (χ0) is 22.8. The number of amides is 1. The molecule has 0 bridgehead atoms. The van der Waals surface area contributed by atoms with Crippen molar-refractivity contribution in [3.05, 3.63) is 74.7 Å². The molecule has 31 heavy (non-hydrogen) atoms. The number of esters is 1. The van der Waals surface area contributed by atoms with Gasteiger partial charge in [-0.25, -0.2) is 4.98 Å². The second kappa shape index (κ2) is 8.89. The van der Waals surface area contributed by atoms with Crippen LogP contribution < -0.4 is 10.9 Å². The lowest BCUT2D eigenvalue weighted by Gasteiger charge is -2.20. The van der Waals surface area contributed by atoms with Crippen LogP contribution >= 0.6 is 11.6 Å². The molecule has 1 amide bonds. The Hall–Kier alpha value is -3.19. The van der Waals surface area contributed by atoms with Gasteiger partial charge in [-0.05, 0) is 63.1 Å². The summed E-state index contributed by atoms with van der Waals surface area (Å²) in [5.74, 6) is -1.13. The number of aromatic nitrogens is 2. The number of carbonyl (C=O) groups is 2. The van der Waals surface area contributed by atoms with E-state index in [0.717, 1.165) is 11.1 Å². The van der Waals surface area contributed by atoms with Gasteiger partial charge in [-0.2, -0.15) is 0 Å². The highest BCUT2D eigenvalue weighted by Crippen LogP contribution is 2.15. The van der Waals surface area contributed by atoms with Crippen LogP contribution in [-0.2, 0) is 22.6 Å². The Balaban J connectivity index is 1.96. The summed E-state index contributed by atoms with van der Waals surface area (Å²) in [6, 6.07) is 10.3. The normalized spacial score (nSPS) is 11.4. The number of benzene rings is 1. The molecule has 0 aliphatic carbocycles. The van der Waals surface area contributed by atoms with Crippen molar-refractivity contribution in [1.29, 1.82) is 0 Å². The number of hydrogen-bond acceptors (Lipinski definition) is 5. The first kappa shape index (κ1) is 22.5. The molecule has 162 valence electrons. The number of halogens is 1. The lowest BCUT2D eigenvalue weighted by atomic mass is 10.1. The second-order valence-corrected chi connectivity index (χ2v) is 8.71. The van der Waals surface area contributed by atoms with Gasteiger partial charge in [-0.15, -0.1) is 0 Å². The molecule has 0 radical (unpaired) electrons. The Bertz CT molecular complexity index is 1190. The number of pyridine rings is 2. The molecule has 0 aliphatic rings. The Kier molecular flexibility index (Phi) is 6.45. The smallest absolute Gasteiger partial charge is 0.326 e. The summed E-state index contributed by atoms with van der Waals surface area (Å²) in [7, 11) is 0. The van der Waals surface area contributed by atoms with Crippen LogP contribution in [0.15, 0.2) is 47.4 Å². The predicted octanol–water partition coefficient (Wildman–Crippen LogP) is 3.63. The number of aryl methyl sites for hydroxylation is 1. The highest BCUT2D eigenvalue weighted by Gasteiger charge is 2.21. The summed E-state index contributed by atoms with van der Waals surface area (Å²) in [5, 5.41) is 3.92. The van der Waals surface area contributed by atoms with E-state index in [9.17, 15) is 14.4 Å². The van der Waals surface area contributed by atoms with E-state index in [1.165, 1.54) is 10.6 Å². The Labute approximate surface area is 185 Å². The van der Waals surface area contributed by atoms with Crippen LogP contribution in [0.5, 0.6) is 0 Å². The van der Waals surface area contributed by atoms with E-state index in [2.05, 4.69) is 10.3 Å². The zero-order valence-electron chi connectivity index (χ0n) is 17.9. The molecule has 0 spiro atoms. The molecule has 2 aromatic heterocycles. The summed E-state index contributed by atoms with van der Waals surface area (Å²) in [4.78, 5) is 42.6. The summed E-state index contributed by atoms with van der Waals surface area (Å²) < 4.78 is 6.53. The van der Waals surface area contributed by atoms with Gasteiger partial charge in [0.1, 0.15) is 23.4 Å². The number of rotatable bonds is 5.